The zero-order chi connectivity index (χ0) is 11.9. The molecule has 1 atom stereocenters. The van der Waals surface area contributed by atoms with Gasteiger partial charge in [0.1, 0.15) is 0 Å². The van der Waals surface area contributed by atoms with E-state index in [9.17, 15) is 13.2 Å². The summed E-state index contributed by atoms with van der Waals surface area (Å²) in [6.45, 7) is 1.38. The summed E-state index contributed by atoms with van der Waals surface area (Å²) in [6, 6.07) is 0. The van der Waals surface area contributed by atoms with Gasteiger partial charge in [0.05, 0.1) is 11.5 Å². The smallest absolute Gasteiger partial charge is 0.226 e. The quantitative estimate of drug-likeness (QED) is 0.683. The lowest BCUT2D eigenvalue weighted by Gasteiger charge is -2.55. The third-order valence-electron chi connectivity index (χ3n) is 5.25. The van der Waals surface area contributed by atoms with Gasteiger partial charge in [-0.3, -0.25) is 4.79 Å². The highest BCUT2D eigenvalue weighted by Crippen LogP contribution is 2.66. The van der Waals surface area contributed by atoms with Gasteiger partial charge < -0.3 is 4.90 Å². The molecule has 2 saturated heterocycles. The highest BCUT2D eigenvalue weighted by atomic mass is 32.2. The van der Waals surface area contributed by atoms with Crippen LogP contribution in [0.5, 0.6) is 0 Å². The van der Waals surface area contributed by atoms with Gasteiger partial charge in [-0.05, 0) is 24.7 Å². The molecule has 0 aromatic rings. The van der Waals surface area contributed by atoms with Gasteiger partial charge in [0, 0.05) is 24.4 Å². The van der Waals surface area contributed by atoms with Crippen LogP contribution >= 0.6 is 0 Å². The first kappa shape index (κ1) is 10.4. The number of nitrogens with zero attached hydrogens (tertiary/aromatic N) is 1. The summed E-state index contributed by atoms with van der Waals surface area (Å²) >= 11 is 0. The van der Waals surface area contributed by atoms with Crippen LogP contribution in [0.25, 0.3) is 0 Å². The van der Waals surface area contributed by atoms with Crippen molar-refractivity contribution in [3.8, 4) is 0 Å². The molecule has 0 radical (unpaired) electrons. The predicted octanol–water partition coefficient (Wildman–Crippen LogP) is 0.434. The largest absolute Gasteiger partial charge is 0.341 e. The van der Waals surface area contributed by atoms with Crippen LogP contribution in [0, 0.1) is 16.7 Å². The first-order valence-electron chi connectivity index (χ1n) is 6.43. The normalized spacial score (nSPS) is 38.1. The third kappa shape index (κ3) is 1.29. The SMILES string of the molecule is O=C(C1CC12CCC2)N1CC2(C1)CS(=O)(=O)C2. The summed E-state index contributed by atoms with van der Waals surface area (Å²) in [4.78, 5) is 14.1. The number of likely N-dealkylation sites (tertiary alicyclic amines) is 1. The predicted molar refractivity (Wildman–Crippen MR) is 62.1 cm³/mol. The fraction of sp³-hybridized carbons (Fsp3) is 0.917. The second kappa shape index (κ2) is 2.71. The van der Waals surface area contributed by atoms with Crippen molar-refractivity contribution in [1.29, 1.82) is 0 Å². The molecule has 0 aromatic heterocycles. The summed E-state index contributed by atoms with van der Waals surface area (Å²) in [7, 11) is -2.76. The van der Waals surface area contributed by atoms with E-state index in [1.165, 1.54) is 19.3 Å². The average molecular weight is 255 g/mol. The minimum Gasteiger partial charge on any atom is -0.341 e. The molecule has 4 aliphatic rings. The summed E-state index contributed by atoms with van der Waals surface area (Å²) in [5, 5.41) is 0. The van der Waals surface area contributed by atoms with Crippen molar-refractivity contribution in [1.82, 2.24) is 4.90 Å². The maximum absolute atomic E-state index is 12.2. The number of carbonyl (C=O) groups excluding carboxylic acids is 1. The van der Waals surface area contributed by atoms with E-state index in [-0.39, 0.29) is 11.3 Å². The minimum absolute atomic E-state index is 0.0455. The van der Waals surface area contributed by atoms with Gasteiger partial charge in [0.2, 0.25) is 5.91 Å². The van der Waals surface area contributed by atoms with E-state index in [1.54, 1.807) is 0 Å². The summed E-state index contributed by atoms with van der Waals surface area (Å²) in [6.07, 6.45) is 4.84. The molecule has 1 unspecified atom stereocenters. The first-order chi connectivity index (χ1) is 7.94. The van der Waals surface area contributed by atoms with Crippen molar-refractivity contribution in [2.75, 3.05) is 24.6 Å². The molecule has 1 amide bonds. The maximum Gasteiger partial charge on any atom is 0.226 e. The van der Waals surface area contributed by atoms with E-state index in [4.69, 9.17) is 0 Å². The van der Waals surface area contributed by atoms with Gasteiger partial charge in [-0.2, -0.15) is 0 Å². The van der Waals surface area contributed by atoms with Crippen LogP contribution in [0.2, 0.25) is 0 Å². The van der Waals surface area contributed by atoms with Crippen molar-refractivity contribution in [2.24, 2.45) is 16.7 Å². The molecule has 94 valence electrons. The number of amides is 1. The Hall–Kier alpha value is -0.580. The van der Waals surface area contributed by atoms with Crippen LogP contribution in [0.4, 0.5) is 0 Å². The van der Waals surface area contributed by atoms with Gasteiger partial charge >= 0.3 is 0 Å². The second-order valence-electron chi connectivity index (χ2n) is 6.70. The van der Waals surface area contributed by atoms with Crippen molar-refractivity contribution in [2.45, 2.75) is 25.7 Å². The molecule has 0 N–H and O–H groups in total. The number of carbonyl (C=O) groups is 1. The fourth-order valence-corrected chi connectivity index (χ4v) is 6.24. The molecule has 2 aliphatic carbocycles. The molecule has 0 aromatic carbocycles. The second-order valence-corrected chi connectivity index (χ2v) is 8.76. The standard InChI is InChI=1S/C12H17NO3S/c14-10(9-4-12(9)2-1-3-12)13-5-11(6-13)7-17(15,16)8-11/h9H,1-8H2. The molecule has 2 spiro atoms. The highest BCUT2D eigenvalue weighted by molar-refractivity contribution is 7.92. The van der Waals surface area contributed by atoms with Gasteiger partial charge in [-0.15, -0.1) is 0 Å². The molecule has 17 heavy (non-hydrogen) atoms. The Bertz CT molecular complexity index is 486. The third-order valence-corrected chi connectivity index (χ3v) is 7.36. The minimum atomic E-state index is -2.76. The average Bonchev–Trinajstić information content (AvgIpc) is 2.82. The Morgan fingerprint density at radius 2 is 1.82 bits per heavy atom. The van der Waals surface area contributed by atoms with E-state index >= 15 is 0 Å². The summed E-state index contributed by atoms with van der Waals surface area (Å²) in [5.41, 5.74) is 0.349. The summed E-state index contributed by atoms with van der Waals surface area (Å²) in [5.74, 6) is 1.20. The van der Waals surface area contributed by atoms with Crippen LogP contribution in [-0.4, -0.2) is 43.8 Å². The topological polar surface area (TPSA) is 54.5 Å². The van der Waals surface area contributed by atoms with Crippen LogP contribution in [0.15, 0.2) is 0 Å². The van der Waals surface area contributed by atoms with Crippen molar-refractivity contribution in [3.05, 3.63) is 0 Å². The van der Waals surface area contributed by atoms with Crippen molar-refractivity contribution in [3.63, 3.8) is 0 Å². The van der Waals surface area contributed by atoms with E-state index in [2.05, 4.69) is 0 Å². The van der Waals surface area contributed by atoms with Crippen molar-refractivity contribution >= 4 is 15.7 Å². The Morgan fingerprint density at radius 3 is 2.24 bits per heavy atom. The van der Waals surface area contributed by atoms with Crippen molar-refractivity contribution < 1.29 is 13.2 Å². The van der Waals surface area contributed by atoms with Crippen LogP contribution in [-0.2, 0) is 14.6 Å². The van der Waals surface area contributed by atoms with E-state index in [1.807, 2.05) is 4.90 Å². The molecule has 2 saturated carbocycles. The molecular formula is C12H17NO3S. The first-order valence-corrected chi connectivity index (χ1v) is 8.25. The molecule has 2 heterocycles. The maximum atomic E-state index is 12.2. The zero-order valence-electron chi connectivity index (χ0n) is 9.81. The molecule has 5 heteroatoms. The summed E-state index contributed by atoms with van der Waals surface area (Å²) < 4.78 is 22.3. The Morgan fingerprint density at radius 1 is 1.18 bits per heavy atom. The number of sulfone groups is 1. The molecule has 4 rings (SSSR count). The lowest BCUT2D eigenvalue weighted by molar-refractivity contribution is -0.144. The molecule has 0 bridgehead atoms. The Kier molecular flexibility index (Phi) is 1.65. The lowest BCUT2D eigenvalue weighted by atomic mass is 9.78. The highest BCUT2D eigenvalue weighted by Gasteiger charge is 2.64. The number of hydrogen-bond acceptors (Lipinski definition) is 3. The van der Waals surface area contributed by atoms with Crippen LogP contribution < -0.4 is 0 Å². The monoisotopic (exact) mass is 255 g/mol. The fourth-order valence-electron chi connectivity index (χ4n) is 4.09. The molecule has 4 nitrogen and oxygen atoms in total. The molecule has 4 fully saturated rings. The zero-order valence-corrected chi connectivity index (χ0v) is 10.6. The molecular weight excluding hydrogens is 238 g/mol. The van der Waals surface area contributed by atoms with Gasteiger partial charge in [0.25, 0.3) is 0 Å². The Balaban J connectivity index is 1.36. The van der Waals surface area contributed by atoms with Crippen LogP contribution in [0.3, 0.4) is 0 Å². The lowest BCUT2D eigenvalue weighted by Crippen LogP contribution is -2.69. The Labute approximate surface area is 101 Å². The number of rotatable bonds is 1. The van der Waals surface area contributed by atoms with Crippen LogP contribution in [0.1, 0.15) is 25.7 Å². The van der Waals surface area contributed by atoms with E-state index in [0.29, 0.717) is 35.9 Å². The van der Waals surface area contributed by atoms with Gasteiger partial charge in [-0.25, -0.2) is 8.42 Å². The van der Waals surface area contributed by atoms with E-state index in [0.717, 1.165) is 6.42 Å². The number of hydrogen-bond donors (Lipinski definition) is 0. The van der Waals surface area contributed by atoms with Gasteiger partial charge in [-0.1, -0.05) is 6.42 Å². The van der Waals surface area contributed by atoms with Gasteiger partial charge in [0.15, 0.2) is 9.84 Å². The van der Waals surface area contributed by atoms with E-state index < -0.39 is 9.84 Å². The molecule has 2 aliphatic heterocycles.